The van der Waals surface area contributed by atoms with Crippen LogP contribution in [0.25, 0.3) is 0 Å². The van der Waals surface area contributed by atoms with Crippen molar-refractivity contribution in [1.29, 1.82) is 0 Å². The van der Waals surface area contributed by atoms with Gasteiger partial charge >= 0.3 is 0 Å². The molecule has 0 amide bonds. The quantitative estimate of drug-likeness (QED) is 0.874. The van der Waals surface area contributed by atoms with Crippen molar-refractivity contribution in [1.82, 2.24) is 5.32 Å². The van der Waals surface area contributed by atoms with Crippen LogP contribution < -0.4 is 5.32 Å². The normalized spacial score (nSPS) is 34.1. The highest BCUT2D eigenvalue weighted by Gasteiger charge is 2.66. The molecule has 0 atom stereocenters. The summed E-state index contributed by atoms with van der Waals surface area (Å²) in [4.78, 5) is 0. The van der Waals surface area contributed by atoms with Crippen LogP contribution in [0.3, 0.4) is 0 Å². The maximum absolute atomic E-state index is 6.23. The predicted molar refractivity (Wildman–Crippen MR) is 72.8 cm³/mol. The molecule has 4 rings (SSSR count). The predicted octanol–water partition coefficient (Wildman–Crippen LogP) is 3.93. The van der Waals surface area contributed by atoms with Crippen LogP contribution in [0.15, 0.2) is 18.2 Å². The van der Waals surface area contributed by atoms with Gasteiger partial charge in [-0.3, -0.25) is 0 Å². The molecule has 3 aliphatic carbocycles. The van der Waals surface area contributed by atoms with Crippen LogP contribution in [-0.2, 0) is 6.42 Å². The van der Waals surface area contributed by atoms with E-state index in [0.29, 0.717) is 10.8 Å². The van der Waals surface area contributed by atoms with Gasteiger partial charge in [0.05, 0.1) is 0 Å². The zero-order valence-electron chi connectivity index (χ0n) is 10.0. The molecule has 0 heterocycles. The van der Waals surface area contributed by atoms with Crippen molar-refractivity contribution in [2.24, 2.45) is 10.8 Å². The van der Waals surface area contributed by atoms with Gasteiger partial charge in [-0.25, -0.2) is 0 Å². The zero-order chi connectivity index (χ0) is 12.1. The number of nitrogens with one attached hydrogen (secondary N) is 1. The fourth-order valence-electron chi connectivity index (χ4n) is 4.06. The Morgan fingerprint density at radius 1 is 1.12 bits per heavy atom. The molecule has 3 aliphatic rings. The van der Waals surface area contributed by atoms with Gasteiger partial charge < -0.3 is 5.32 Å². The molecule has 3 fully saturated rings. The monoisotopic (exact) mass is 269 g/mol. The summed E-state index contributed by atoms with van der Waals surface area (Å²) in [6.07, 6.45) is 5.06. The molecule has 1 aromatic carbocycles. The van der Waals surface area contributed by atoms with Gasteiger partial charge in [0.2, 0.25) is 0 Å². The maximum atomic E-state index is 6.23. The van der Waals surface area contributed by atoms with E-state index in [2.05, 4.69) is 5.32 Å². The molecule has 0 aliphatic heterocycles. The van der Waals surface area contributed by atoms with Crippen molar-refractivity contribution in [3.63, 3.8) is 0 Å². The minimum atomic E-state index is 0.505. The Bertz CT molecular complexity index is 416. The number of hydrogen-bond donors (Lipinski definition) is 1. The molecule has 0 spiro atoms. The van der Waals surface area contributed by atoms with Crippen LogP contribution in [0, 0.1) is 10.8 Å². The van der Waals surface area contributed by atoms with Gasteiger partial charge in [0.15, 0.2) is 0 Å². The molecule has 1 N–H and O–H groups in total. The van der Waals surface area contributed by atoms with Crippen LogP contribution >= 0.6 is 23.2 Å². The summed E-state index contributed by atoms with van der Waals surface area (Å²) in [6.45, 7) is 1.16. The van der Waals surface area contributed by atoms with Crippen LogP contribution in [-0.4, -0.2) is 13.6 Å². The fourth-order valence-corrected chi connectivity index (χ4v) is 4.59. The molecule has 1 nitrogen and oxygen atoms in total. The van der Waals surface area contributed by atoms with Crippen molar-refractivity contribution in [2.45, 2.75) is 25.7 Å². The first kappa shape index (κ1) is 11.8. The Labute approximate surface area is 112 Å². The maximum Gasteiger partial charge on any atom is 0.0453 e. The topological polar surface area (TPSA) is 12.0 Å². The van der Waals surface area contributed by atoms with Crippen LogP contribution in [0.1, 0.15) is 24.8 Å². The van der Waals surface area contributed by atoms with Crippen LogP contribution in [0.4, 0.5) is 0 Å². The fraction of sp³-hybridized carbons (Fsp3) is 0.571. The molecule has 3 saturated carbocycles. The Hall–Kier alpha value is -0.240. The van der Waals surface area contributed by atoms with Crippen LogP contribution in [0.5, 0.6) is 0 Å². The van der Waals surface area contributed by atoms with E-state index in [4.69, 9.17) is 23.2 Å². The van der Waals surface area contributed by atoms with Gasteiger partial charge in [-0.15, -0.1) is 0 Å². The Balaban J connectivity index is 1.71. The largest absolute Gasteiger partial charge is 0.319 e. The Kier molecular flexibility index (Phi) is 2.70. The van der Waals surface area contributed by atoms with E-state index >= 15 is 0 Å². The highest BCUT2D eigenvalue weighted by atomic mass is 35.5. The summed E-state index contributed by atoms with van der Waals surface area (Å²) in [7, 11) is 2.04. The molecule has 0 unspecified atom stereocenters. The van der Waals surface area contributed by atoms with E-state index in [1.807, 2.05) is 25.2 Å². The second-order valence-corrected chi connectivity index (χ2v) is 6.75. The van der Waals surface area contributed by atoms with Gasteiger partial charge in [-0.1, -0.05) is 29.3 Å². The second kappa shape index (κ2) is 3.88. The Morgan fingerprint density at radius 3 is 2.24 bits per heavy atom. The first-order valence-electron chi connectivity index (χ1n) is 6.16. The van der Waals surface area contributed by atoms with Gasteiger partial charge in [0, 0.05) is 16.6 Å². The summed E-state index contributed by atoms with van der Waals surface area (Å²) in [6, 6.07) is 5.80. The summed E-state index contributed by atoms with van der Waals surface area (Å²) < 4.78 is 0. The standard InChI is InChI=1S/C14H17Cl2N/c1-17-9-14-6-13(7-14,8-14)5-10-11(15)3-2-4-12(10)16/h2-4,17H,5-9H2,1H3. The lowest BCUT2D eigenvalue weighted by Crippen LogP contribution is -2.65. The molecular weight excluding hydrogens is 253 g/mol. The molecule has 92 valence electrons. The van der Waals surface area contributed by atoms with Gasteiger partial charge in [-0.2, -0.15) is 0 Å². The van der Waals surface area contributed by atoms with E-state index in [-0.39, 0.29) is 0 Å². The first-order valence-corrected chi connectivity index (χ1v) is 6.91. The first-order chi connectivity index (χ1) is 8.08. The molecular formula is C14H17Cl2N. The summed E-state index contributed by atoms with van der Waals surface area (Å²) in [5, 5.41) is 4.95. The minimum absolute atomic E-state index is 0.505. The van der Waals surface area contributed by atoms with Crippen molar-refractivity contribution >= 4 is 23.2 Å². The van der Waals surface area contributed by atoms with Gasteiger partial charge in [0.25, 0.3) is 0 Å². The number of halogens is 2. The lowest BCUT2D eigenvalue weighted by Gasteiger charge is -2.71. The summed E-state index contributed by atoms with van der Waals surface area (Å²) in [5.41, 5.74) is 2.25. The van der Waals surface area contributed by atoms with Crippen molar-refractivity contribution in [3.8, 4) is 0 Å². The average molecular weight is 270 g/mol. The molecule has 2 bridgehead atoms. The van der Waals surface area contributed by atoms with E-state index in [1.165, 1.54) is 19.3 Å². The summed E-state index contributed by atoms with van der Waals surface area (Å²) in [5.74, 6) is 0. The third-order valence-corrected chi connectivity index (χ3v) is 5.12. The highest BCUT2D eigenvalue weighted by Crippen LogP contribution is 2.74. The van der Waals surface area contributed by atoms with Crippen LogP contribution in [0.2, 0.25) is 10.0 Å². The molecule has 3 heteroatoms. The number of hydrogen-bond acceptors (Lipinski definition) is 1. The third-order valence-electron chi connectivity index (χ3n) is 4.42. The average Bonchev–Trinajstić information content (AvgIpc) is 2.17. The lowest BCUT2D eigenvalue weighted by molar-refractivity contribution is -0.198. The zero-order valence-corrected chi connectivity index (χ0v) is 11.5. The van der Waals surface area contributed by atoms with Crippen molar-refractivity contribution in [3.05, 3.63) is 33.8 Å². The molecule has 17 heavy (non-hydrogen) atoms. The summed E-state index contributed by atoms with van der Waals surface area (Å²) >= 11 is 12.5. The second-order valence-electron chi connectivity index (χ2n) is 5.94. The minimum Gasteiger partial charge on any atom is -0.319 e. The highest BCUT2D eigenvalue weighted by molar-refractivity contribution is 6.36. The molecule has 0 saturated heterocycles. The Morgan fingerprint density at radius 2 is 1.71 bits per heavy atom. The SMILES string of the molecule is CNCC12CC(Cc3c(Cl)cccc3Cl)(C1)C2. The van der Waals surface area contributed by atoms with Gasteiger partial charge in [0.1, 0.15) is 0 Å². The third kappa shape index (κ3) is 1.80. The van der Waals surface area contributed by atoms with E-state index in [1.54, 1.807) is 0 Å². The van der Waals surface area contributed by atoms with E-state index in [9.17, 15) is 0 Å². The molecule has 0 radical (unpaired) electrons. The smallest absolute Gasteiger partial charge is 0.0453 e. The van der Waals surface area contributed by atoms with Gasteiger partial charge in [-0.05, 0) is 61.3 Å². The van der Waals surface area contributed by atoms with E-state index in [0.717, 1.165) is 28.6 Å². The lowest BCUT2D eigenvalue weighted by atomic mass is 9.34. The van der Waals surface area contributed by atoms with E-state index < -0.39 is 0 Å². The molecule has 1 aromatic rings. The van der Waals surface area contributed by atoms with Crippen molar-refractivity contribution in [2.75, 3.05) is 13.6 Å². The molecule has 0 aromatic heterocycles. The van der Waals surface area contributed by atoms with Crippen molar-refractivity contribution < 1.29 is 0 Å². The number of rotatable bonds is 4. The number of benzene rings is 1.